The Kier molecular flexibility index (Phi) is 4.35. The minimum Gasteiger partial charge on any atom is -0.444 e. The lowest BCUT2D eigenvalue weighted by Crippen LogP contribution is -2.63. The van der Waals surface area contributed by atoms with Gasteiger partial charge in [0, 0.05) is 37.7 Å². The van der Waals surface area contributed by atoms with E-state index in [4.69, 9.17) is 4.74 Å². The van der Waals surface area contributed by atoms with E-state index >= 15 is 0 Å². The van der Waals surface area contributed by atoms with E-state index in [1.807, 2.05) is 20.8 Å². The molecular formula is C14H24N2O3S. The van der Waals surface area contributed by atoms with Crippen LogP contribution in [-0.2, 0) is 9.53 Å². The number of carbonyl (C=O) groups is 2. The van der Waals surface area contributed by atoms with Crippen molar-refractivity contribution in [3.8, 4) is 0 Å². The van der Waals surface area contributed by atoms with Gasteiger partial charge in [-0.15, -0.1) is 0 Å². The maximum Gasteiger partial charge on any atom is 0.410 e. The summed E-state index contributed by atoms with van der Waals surface area (Å²) in [6.07, 6.45) is -0.229. The Morgan fingerprint density at radius 1 is 1.40 bits per heavy atom. The van der Waals surface area contributed by atoms with Gasteiger partial charge >= 0.3 is 6.09 Å². The largest absolute Gasteiger partial charge is 0.444 e. The first-order valence-electron chi connectivity index (χ1n) is 7.04. The van der Waals surface area contributed by atoms with Gasteiger partial charge in [0.1, 0.15) is 5.60 Å². The molecule has 0 aromatic carbocycles. The summed E-state index contributed by atoms with van der Waals surface area (Å²) < 4.78 is 5.39. The Morgan fingerprint density at radius 3 is 2.60 bits per heavy atom. The number of likely N-dealkylation sites (tertiary alicyclic amines) is 1. The summed E-state index contributed by atoms with van der Waals surface area (Å²) in [5, 5.41) is 3.56. The fourth-order valence-corrected chi connectivity index (χ4v) is 3.76. The molecule has 0 aromatic rings. The highest BCUT2D eigenvalue weighted by atomic mass is 32.2. The van der Waals surface area contributed by atoms with Gasteiger partial charge in [0.2, 0.25) is 0 Å². The van der Waals surface area contributed by atoms with Gasteiger partial charge in [0.15, 0.2) is 5.12 Å². The molecule has 2 fully saturated rings. The zero-order valence-corrected chi connectivity index (χ0v) is 13.5. The number of carbonyl (C=O) groups excluding carboxylic acids is 2. The van der Waals surface area contributed by atoms with Crippen LogP contribution in [0.1, 0.15) is 27.7 Å². The van der Waals surface area contributed by atoms with Crippen LogP contribution in [0.4, 0.5) is 4.79 Å². The SMILES string of the molecule is CC(=O)SCC1CNCC12CN(C(=O)OC(C)(C)C)C2. The van der Waals surface area contributed by atoms with Crippen molar-refractivity contribution in [3.05, 3.63) is 0 Å². The summed E-state index contributed by atoms with van der Waals surface area (Å²) in [7, 11) is 0. The van der Waals surface area contributed by atoms with Crippen LogP contribution < -0.4 is 5.32 Å². The molecule has 2 saturated heterocycles. The average molecular weight is 300 g/mol. The monoisotopic (exact) mass is 300 g/mol. The van der Waals surface area contributed by atoms with Gasteiger partial charge in [-0.25, -0.2) is 4.79 Å². The van der Waals surface area contributed by atoms with Crippen molar-refractivity contribution in [1.82, 2.24) is 10.2 Å². The summed E-state index contributed by atoms with van der Waals surface area (Å²) in [5.74, 6) is 1.29. The average Bonchev–Trinajstić information content (AvgIpc) is 2.64. The molecule has 2 aliphatic rings. The van der Waals surface area contributed by atoms with Gasteiger partial charge in [-0.3, -0.25) is 4.79 Å². The van der Waals surface area contributed by atoms with Crippen LogP contribution in [0.3, 0.4) is 0 Å². The molecule has 0 aliphatic carbocycles. The van der Waals surface area contributed by atoms with Crippen molar-refractivity contribution < 1.29 is 14.3 Å². The van der Waals surface area contributed by atoms with E-state index in [-0.39, 0.29) is 16.6 Å². The van der Waals surface area contributed by atoms with E-state index in [2.05, 4.69) is 5.32 Å². The van der Waals surface area contributed by atoms with E-state index in [0.29, 0.717) is 5.92 Å². The fourth-order valence-electron chi connectivity index (χ4n) is 2.85. The highest BCUT2D eigenvalue weighted by Crippen LogP contribution is 2.42. The molecule has 0 bridgehead atoms. The zero-order chi connectivity index (χ0) is 15.0. The van der Waals surface area contributed by atoms with E-state index in [1.54, 1.807) is 11.8 Å². The second kappa shape index (κ2) is 5.56. The van der Waals surface area contributed by atoms with Crippen molar-refractivity contribution in [2.75, 3.05) is 31.9 Å². The van der Waals surface area contributed by atoms with Crippen LogP contribution in [0.15, 0.2) is 0 Å². The van der Waals surface area contributed by atoms with E-state index in [9.17, 15) is 9.59 Å². The first-order chi connectivity index (χ1) is 9.22. The highest BCUT2D eigenvalue weighted by Gasteiger charge is 2.53. The summed E-state index contributed by atoms with van der Waals surface area (Å²) in [6.45, 7) is 10.6. The van der Waals surface area contributed by atoms with Gasteiger partial charge in [-0.05, 0) is 33.2 Å². The molecule has 0 aromatic heterocycles. The predicted octanol–water partition coefficient (Wildman–Crippen LogP) is 1.72. The summed E-state index contributed by atoms with van der Waals surface area (Å²) in [6, 6.07) is 0. The van der Waals surface area contributed by atoms with Gasteiger partial charge in [0.25, 0.3) is 0 Å². The van der Waals surface area contributed by atoms with E-state index in [1.165, 1.54) is 11.8 Å². The van der Waals surface area contributed by atoms with Crippen LogP contribution in [-0.4, -0.2) is 53.6 Å². The third-order valence-corrected chi connectivity index (χ3v) is 4.86. The van der Waals surface area contributed by atoms with E-state index < -0.39 is 5.60 Å². The number of hydrogen-bond acceptors (Lipinski definition) is 5. The lowest BCUT2D eigenvalue weighted by atomic mass is 9.72. The topological polar surface area (TPSA) is 58.6 Å². The van der Waals surface area contributed by atoms with Crippen LogP contribution in [0, 0.1) is 11.3 Å². The van der Waals surface area contributed by atoms with Gasteiger partial charge in [0.05, 0.1) is 0 Å². The van der Waals surface area contributed by atoms with Crippen LogP contribution in [0.5, 0.6) is 0 Å². The molecule has 1 atom stereocenters. The molecule has 1 spiro atoms. The normalized spacial score (nSPS) is 24.6. The molecule has 2 rings (SSSR count). The number of rotatable bonds is 2. The summed E-state index contributed by atoms with van der Waals surface area (Å²) in [4.78, 5) is 24.9. The number of hydrogen-bond donors (Lipinski definition) is 1. The lowest BCUT2D eigenvalue weighted by molar-refractivity contribution is -0.109. The van der Waals surface area contributed by atoms with Crippen molar-refractivity contribution in [1.29, 1.82) is 0 Å². The summed E-state index contributed by atoms with van der Waals surface area (Å²) >= 11 is 1.39. The van der Waals surface area contributed by atoms with E-state index in [0.717, 1.165) is 31.9 Å². The molecular weight excluding hydrogens is 276 g/mol. The summed E-state index contributed by atoms with van der Waals surface area (Å²) in [5.41, 5.74) is -0.309. The standard InChI is InChI=1S/C14H24N2O3S/c1-10(17)20-6-11-5-15-7-14(11)8-16(9-14)12(18)19-13(2,3)4/h11,15H,5-9H2,1-4H3. The number of thioether (sulfide) groups is 1. The zero-order valence-electron chi connectivity index (χ0n) is 12.7. The maximum atomic E-state index is 12.0. The molecule has 2 aliphatic heterocycles. The number of ether oxygens (including phenoxy) is 1. The maximum absolute atomic E-state index is 12.0. The van der Waals surface area contributed by atoms with Crippen LogP contribution >= 0.6 is 11.8 Å². The highest BCUT2D eigenvalue weighted by molar-refractivity contribution is 8.13. The molecule has 2 heterocycles. The predicted molar refractivity (Wildman–Crippen MR) is 79.7 cm³/mol. The quantitative estimate of drug-likeness (QED) is 0.841. The van der Waals surface area contributed by atoms with Gasteiger partial charge in [-0.2, -0.15) is 0 Å². The molecule has 0 saturated carbocycles. The third-order valence-electron chi connectivity index (χ3n) is 3.88. The Bertz CT molecular complexity index is 400. The molecule has 1 N–H and O–H groups in total. The third kappa shape index (κ3) is 3.47. The molecule has 0 radical (unpaired) electrons. The number of amides is 1. The van der Waals surface area contributed by atoms with Crippen molar-refractivity contribution >= 4 is 23.0 Å². The Balaban J connectivity index is 1.86. The van der Waals surface area contributed by atoms with Crippen LogP contribution in [0.25, 0.3) is 0 Å². The first kappa shape index (κ1) is 15.6. The Morgan fingerprint density at radius 2 is 2.05 bits per heavy atom. The molecule has 5 nitrogen and oxygen atoms in total. The lowest BCUT2D eigenvalue weighted by Gasteiger charge is -2.50. The smallest absolute Gasteiger partial charge is 0.410 e. The Labute approximate surface area is 124 Å². The van der Waals surface area contributed by atoms with Gasteiger partial charge < -0.3 is 15.0 Å². The van der Waals surface area contributed by atoms with Crippen molar-refractivity contribution in [3.63, 3.8) is 0 Å². The minimum atomic E-state index is -0.447. The molecule has 1 unspecified atom stereocenters. The van der Waals surface area contributed by atoms with Crippen LogP contribution in [0.2, 0.25) is 0 Å². The van der Waals surface area contributed by atoms with Crippen molar-refractivity contribution in [2.45, 2.75) is 33.3 Å². The fraction of sp³-hybridized carbons (Fsp3) is 0.857. The minimum absolute atomic E-state index is 0.138. The number of nitrogens with zero attached hydrogens (tertiary/aromatic N) is 1. The molecule has 1 amide bonds. The van der Waals surface area contributed by atoms with Crippen molar-refractivity contribution in [2.24, 2.45) is 11.3 Å². The molecule has 20 heavy (non-hydrogen) atoms. The number of nitrogens with one attached hydrogen (secondary N) is 1. The van der Waals surface area contributed by atoms with Gasteiger partial charge in [-0.1, -0.05) is 11.8 Å². The second-order valence-corrected chi connectivity index (χ2v) is 8.03. The molecule has 6 heteroatoms. The Hall–Kier alpha value is -0.750. The molecule has 114 valence electrons. The first-order valence-corrected chi connectivity index (χ1v) is 8.02. The second-order valence-electron chi connectivity index (χ2n) is 6.83.